The second kappa shape index (κ2) is 3.15. The molecule has 0 atom stereocenters. The molecule has 2 rings (SSSR count). The Hall–Kier alpha value is -1.41. The van der Waals surface area contributed by atoms with Gasteiger partial charge >= 0.3 is 0 Å². The second-order valence-electron chi connectivity index (χ2n) is 2.69. The summed E-state index contributed by atoms with van der Waals surface area (Å²) >= 11 is 5.79. The van der Waals surface area contributed by atoms with Crippen LogP contribution in [-0.2, 0) is 0 Å². The van der Waals surface area contributed by atoms with E-state index in [9.17, 15) is 4.79 Å². The molecule has 0 unspecified atom stereocenters. The van der Waals surface area contributed by atoms with Crippen molar-refractivity contribution in [1.82, 2.24) is 4.98 Å². The van der Waals surface area contributed by atoms with Crippen molar-refractivity contribution in [3.63, 3.8) is 0 Å². The minimum absolute atomic E-state index is 0.426. The summed E-state index contributed by atoms with van der Waals surface area (Å²) in [6.07, 6.45) is 0.723. The van der Waals surface area contributed by atoms with Crippen LogP contribution in [0.4, 0.5) is 0 Å². The third kappa shape index (κ3) is 1.53. The van der Waals surface area contributed by atoms with Crippen LogP contribution in [0.1, 0.15) is 10.5 Å². The molecular weight excluding hydrogens is 186 g/mol. The van der Waals surface area contributed by atoms with Gasteiger partial charge < -0.3 is 0 Å². The Morgan fingerprint density at radius 1 is 1.23 bits per heavy atom. The van der Waals surface area contributed by atoms with E-state index in [-0.39, 0.29) is 0 Å². The Morgan fingerprint density at radius 3 is 2.77 bits per heavy atom. The summed E-state index contributed by atoms with van der Waals surface area (Å²) < 4.78 is 0. The molecular formula is C10H6ClNO. The maximum absolute atomic E-state index is 10.4. The third-order valence-corrected chi connectivity index (χ3v) is 2.03. The zero-order valence-electron chi connectivity index (χ0n) is 6.70. The SMILES string of the molecule is O=Cc1ccc2ccc(Cl)cc2n1. The topological polar surface area (TPSA) is 30.0 Å². The fourth-order valence-corrected chi connectivity index (χ4v) is 1.34. The first-order valence-electron chi connectivity index (χ1n) is 3.81. The number of benzene rings is 1. The van der Waals surface area contributed by atoms with Gasteiger partial charge in [-0.3, -0.25) is 4.79 Å². The zero-order chi connectivity index (χ0) is 9.26. The van der Waals surface area contributed by atoms with E-state index in [1.165, 1.54) is 0 Å². The lowest BCUT2D eigenvalue weighted by Crippen LogP contribution is -1.86. The van der Waals surface area contributed by atoms with Crippen molar-refractivity contribution in [2.24, 2.45) is 0 Å². The van der Waals surface area contributed by atoms with Gasteiger partial charge in [0.2, 0.25) is 0 Å². The summed E-state index contributed by atoms with van der Waals surface area (Å²) in [7, 11) is 0. The minimum atomic E-state index is 0.426. The van der Waals surface area contributed by atoms with Gasteiger partial charge in [0, 0.05) is 10.4 Å². The summed E-state index contributed by atoms with van der Waals surface area (Å²) in [5.41, 5.74) is 1.17. The van der Waals surface area contributed by atoms with E-state index in [1.54, 1.807) is 18.2 Å². The second-order valence-corrected chi connectivity index (χ2v) is 3.13. The highest BCUT2D eigenvalue weighted by Gasteiger charge is 1.97. The molecule has 64 valence electrons. The van der Waals surface area contributed by atoms with Gasteiger partial charge in [-0.2, -0.15) is 0 Å². The van der Waals surface area contributed by atoms with Crippen LogP contribution in [0.5, 0.6) is 0 Å². The predicted molar refractivity (Wildman–Crippen MR) is 52.1 cm³/mol. The zero-order valence-corrected chi connectivity index (χ0v) is 7.45. The fourth-order valence-electron chi connectivity index (χ4n) is 1.17. The van der Waals surface area contributed by atoms with Crippen LogP contribution in [0.25, 0.3) is 10.9 Å². The number of aromatic nitrogens is 1. The average molecular weight is 192 g/mol. The third-order valence-electron chi connectivity index (χ3n) is 1.80. The molecule has 0 amide bonds. The van der Waals surface area contributed by atoms with Crippen LogP contribution in [-0.4, -0.2) is 11.3 Å². The van der Waals surface area contributed by atoms with Crippen molar-refractivity contribution < 1.29 is 4.79 Å². The van der Waals surface area contributed by atoms with Gasteiger partial charge in [0.1, 0.15) is 5.69 Å². The normalized spacial score (nSPS) is 10.2. The molecule has 3 heteroatoms. The van der Waals surface area contributed by atoms with Crippen LogP contribution < -0.4 is 0 Å². The molecule has 0 aliphatic carbocycles. The van der Waals surface area contributed by atoms with Crippen molar-refractivity contribution in [1.29, 1.82) is 0 Å². The molecule has 13 heavy (non-hydrogen) atoms. The monoisotopic (exact) mass is 191 g/mol. The first-order chi connectivity index (χ1) is 6.29. The predicted octanol–water partition coefficient (Wildman–Crippen LogP) is 2.70. The standard InChI is InChI=1S/C10H6ClNO/c11-8-3-1-7-2-4-9(6-13)12-10(7)5-8/h1-6H. The van der Waals surface area contributed by atoms with Crippen molar-refractivity contribution in [3.8, 4) is 0 Å². The van der Waals surface area contributed by atoms with Crippen molar-refractivity contribution >= 4 is 28.8 Å². The fraction of sp³-hybridized carbons (Fsp3) is 0. The van der Waals surface area contributed by atoms with Gasteiger partial charge in [-0.1, -0.05) is 23.7 Å². The summed E-state index contributed by atoms with van der Waals surface area (Å²) in [6, 6.07) is 8.95. The van der Waals surface area contributed by atoms with Crippen LogP contribution in [0.2, 0.25) is 5.02 Å². The Labute approximate surface area is 80.2 Å². The van der Waals surface area contributed by atoms with Crippen molar-refractivity contribution in [2.45, 2.75) is 0 Å². The summed E-state index contributed by atoms with van der Waals surface area (Å²) in [5, 5.41) is 1.61. The van der Waals surface area contributed by atoms with E-state index in [0.29, 0.717) is 10.7 Å². The largest absolute Gasteiger partial charge is 0.296 e. The molecule has 0 fully saturated rings. The molecule has 1 aromatic heterocycles. The number of pyridine rings is 1. The van der Waals surface area contributed by atoms with Gasteiger partial charge in [-0.25, -0.2) is 4.98 Å². The van der Waals surface area contributed by atoms with Crippen LogP contribution in [0.15, 0.2) is 30.3 Å². The Bertz CT molecular complexity index is 467. The quantitative estimate of drug-likeness (QED) is 0.649. The van der Waals surface area contributed by atoms with Crippen molar-refractivity contribution in [2.75, 3.05) is 0 Å². The van der Waals surface area contributed by atoms with Gasteiger partial charge in [-0.05, 0) is 18.2 Å². The van der Waals surface area contributed by atoms with Gasteiger partial charge in [0.25, 0.3) is 0 Å². The molecule has 1 aromatic carbocycles. The number of hydrogen-bond acceptors (Lipinski definition) is 2. The molecule has 0 N–H and O–H groups in total. The van der Waals surface area contributed by atoms with E-state index in [1.807, 2.05) is 12.1 Å². The Morgan fingerprint density at radius 2 is 2.00 bits per heavy atom. The number of rotatable bonds is 1. The molecule has 0 bridgehead atoms. The van der Waals surface area contributed by atoms with Crippen LogP contribution in [0, 0.1) is 0 Å². The number of halogens is 1. The van der Waals surface area contributed by atoms with E-state index in [0.717, 1.165) is 17.2 Å². The van der Waals surface area contributed by atoms with E-state index < -0.39 is 0 Å². The summed E-state index contributed by atoms with van der Waals surface area (Å²) in [6.45, 7) is 0. The molecule has 1 heterocycles. The smallest absolute Gasteiger partial charge is 0.168 e. The van der Waals surface area contributed by atoms with Crippen LogP contribution in [0.3, 0.4) is 0 Å². The Kier molecular flexibility index (Phi) is 1.99. The number of aldehydes is 1. The Balaban J connectivity index is 2.74. The number of carbonyl (C=O) groups is 1. The van der Waals surface area contributed by atoms with Gasteiger partial charge in [-0.15, -0.1) is 0 Å². The lowest BCUT2D eigenvalue weighted by Gasteiger charge is -1.97. The van der Waals surface area contributed by atoms with E-state index >= 15 is 0 Å². The highest BCUT2D eigenvalue weighted by Crippen LogP contribution is 2.17. The molecule has 0 saturated carbocycles. The highest BCUT2D eigenvalue weighted by atomic mass is 35.5. The molecule has 2 aromatic rings. The molecule has 0 saturated heterocycles. The maximum atomic E-state index is 10.4. The van der Waals surface area contributed by atoms with E-state index in [4.69, 9.17) is 11.6 Å². The number of hydrogen-bond donors (Lipinski definition) is 0. The summed E-state index contributed by atoms with van der Waals surface area (Å²) in [5.74, 6) is 0. The molecule has 2 nitrogen and oxygen atoms in total. The van der Waals surface area contributed by atoms with Gasteiger partial charge in [0.05, 0.1) is 5.52 Å². The highest BCUT2D eigenvalue weighted by molar-refractivity contribution is 6.31. The minimum Gasteiger partial charge on any atom is -0.296 e. The average Bonchev–Trinajstić information content (AvgIpc) is 2.16. The summed E-state index contributed by atoms with van der Waals surface area (Å²) in [4.78, 5) is 14.5. The first-order valence-corrected chi connectivity index (χ1v) is 4.19. The lowest BCUT2D eigenvalue weighted by molar-refractivity contribution is 0.111. The van der Waals surface area contributed by atoms with Gasteiger partial charge in [0.15, 0.2) is 6.29 Å². The number of carbonyl (C=O) groups excluding carboxylic acids is 1. The number of nitrogens with zero attached hydrogens (tertiary/aromatic N) is 1. The van der Waals surface area contributed by atoms with E-state index in [2.05, 4.69) is 4.98 Å². The lowest BCUT2D eigenvalue weighted by atomic mass is 10.2. The molecule has 0 spiro atoms. The first kappa shape index (κ1) is 8.20. The molecule has 0 aliphatic rings. The molecule has 0 radical (unpaired) electrons. The number of fused-ring (bicyclic) bond motifs is 1. The molecule has 0 aliphatic heterocycles. The van der Waals surface area contributed by atoms with Crippen molar-refractivity contribution in [3.05, 3.63) is 41.0 Å². The maximum Gasteiger partial charge on any atom is 0.168 e. The van der Waals surface area contributed by atoms with Crippen LogP contribution >= 0.6 is 11.6 Å².